The number of anilines is 1. The van der Waals surface area contributed by atoms with Gasteiger partial charge in [-0.1, -0.05) is 17.7 Å². The average Bonchev–Trinajstić information content (AvgIpc) is 3.15. The Labute approximate surface area is 182 Å². The van der Waals surface area contributed by atoms with Gasteiger partial charge >= 0.3 is 6.18 Å². The van der Waals surface area contributed by atoms with E-state index in [2.05, 4.69) is 19.9 Å². The zero-order valence-electron chi connectivity index (χ0n) is 16.1. The molecule has 164 valence electrons. The third-order valence-electron chi connectivity index (χ3n) is 5.45. The lowest BCUT2D eigenvalue weighted by atomic mass is 9.93. The van der Waals surface area contributed by atoms with Crippen LogP contribution in [0.15, 0.2) is 42.7 Å². The minimum absolute atomic E-state index is 0.0629. The summed E-state index contributed by atoms with van der Waals surface area (Å²) in [6.45, 7) is 0.117. The third-order valence-corrected chi connectivity index (χ3v) is 5.74. The van der Waals surface area contributed by atoms with Crippen molar-refractivity contribution in [3.8, 4) is 0 Å². The predicted molar refractivity (Wildman–Crippen MR) is 107 cm³/mol. The Bertz CT molecular complexity index is 1340. The maximum Gasteiger partial charge on any atom is 0.433 e. The summed E-state index contributed by atoms with van der Waals surface area (Å²) in [6, 6.07) is 5.78. The van der Waals surface area contributed by atoms with Crippen molar-refractivity contribution in [3.63, 3.8) is 0 Å². The van der Waals surface area contributed by atoms with Crippen molar-refractivity contribution in [2.75, 3.05) is 11.4 Å². The van der Waals surface area contributed by atoms with Gasteiger partial charge in [-0.2, -0.15) is 17.6 Å². The van der Waals surface area contributed by atoms with E-state index in [1.165, 1.54) is 29.3 Å². The molecule has 0 fully saturated rings. The molecule has 11 heteroatoms. The zero-order valence-corrected chi connectivity index (χ0v) is 16.8. The highest BCUT2D eigenvalue weighted by molar-refractivity contribution is 6.31. The summed E-state index contributed by atoms with van der Waals surface area (Å²) in [4.78, 5) is 15.9. The summed E-state index contributed by atoms with van der Waals surface area (Å²) in [5, 5.41) is 0.207. The summed E-state index contributed by atoms with van der Waals surface area (Å²) in [5.41, 5.74) is 0.399. The summed E-state index contributed by atoms with van der Waals surface area (Å²) < 4.78 is 69.3. The molecule has 3 aromatic heterocycles. The van der Waals surface area contributed by atoms with Gasteiger partial charge in [0.15, 0.2) is 5.82 Å². The normalized spacial score (nSPS) is 16.4. The molecule has 5 nitrogen and oxygen atoms in total. The fraction of sp³-hybridized carbons (Fsp3) is 0.190. The van der Waals surface area contributed by atoms with Crippen LogP contribution in [0.5, 0.6) is 0 Å². The minimum Gasteiger partial charge on any atom is -0.356 e. The monoisotopic (exact) mass is 465 g/mol. The molecule has 32 heavy (non-hydrogen) atoms. The highest BCUT2D eigenvalue weighted by Crippen LogP contribution is 2.42. The van der Waals surface area contributed by atoms with E-state index < -0.39 is 29.7 Å². The highest BCUT2D eigenvalue weighted by Gasteiger charge is 2.38. The largest absolute Gasteiger partial charge is 0.433 e. The molecule has 0 saturated carbocycles. The Hall–Kier alpha value is -3.27. The van der Waals surface area contributed by atoms with E-state index in [-0.39, 0.29) is 34.9 Å². The van der Waals surface area contributed by atoms with Crippen LogP contribution in [0.1, 0.15) is 28.6 Å². The first-order valence-electron chi connectivity index (χ1n) is 9.51. The summed E-state index contributed by atoms with van der Waals surface area (Å²) in [5.74, 6) is -1.65. The topological polar surface area (TPSA) is 57.7 Å². The van der Waals surface area contributed by atoms with Gasteiger partial charge in [-0.15, -0.1) is 0 Å². The van der Waals surface area contributed by atoms with E-state index in [1.54, 1.807) is 6.07 Å². The molecule has 1 atom stereocenters. The fourth-order valence-electron chi connectivity index (χ4n) is 4.10. The molecule has 0 aliphatic carbocycles. The van der Waals surface area contributed by atoms with Crippen LogP contribution in [0, 0.1) is 11.8 Å². The SMILES string of the molecule is Fc1ncccc1C1c2[nH]c3ccc(Cl)c(F)c3c2CCN1c1nccc(C(F)(F)F)n1. The van der Waals surface area contributed by atoms with Gasteiger partial charge in [0.1, 0.15) is 11.7 Å². The first-order valence-corrected chi connectivity index (χ1v) is 9.89. The molecular weight excluding hydrogens is 453 g/mol. The number of hydrogen-bond acceptors (Lipinski definition) is 4. The van der Waals surface area contributed by atoms with E-state index >= 15 is 0 Å². The molecule has 1 aliphatic rings. The Morgan fingerprint density at radius 1 is 1.06 bits per heavy atom. The molecule has 1 aromatic carbocycles. The summed E-state index contributed by atoms with van der Waals surface area (Å²) >= 11 is 5.95. The molecule has 0 amide bonds. The van der Waals surface area contributed by atoms with Crippen molar-refractivity contribution in [1.29, 1.82) is 0 Å². The van der Waals surface area contributed by atoms with Crippen molar-refractivity contribution in [3.05, 3.63) is 82.0 Å². The van der Waals surface area contributed by atoms with Crippen molar-refractivity contribution in [1.82, 2.24) is 19.9 Å². The van der Waals surface area contributed by atoms with Gasteiger partial charge in [0.05, 0.1) is 5.02 Å². The molecule has 0 spiro atoms. The maximum absolute atomic E-state index is 14.8. The number of halogens is 6. The molecule has 4 heterocycles. The lowest BCUT2D eigenvalue weighted by Gasteiger charge is -2.36. The molecule has 1 aliphatic heterocycles. The van der Waals surface area contributed by atoms with Crippen LogP contribution in [0.3, 0.4) is 0 Å². The van der Waals surface area contributed by atoms with Crippen LogP contribution in [-0.2, 0) is 12.6 Å². The van der Waals surface area contributed by atoms with Gasteiger partial charge in [-0.05, 0) is 36.2 Å². The number of H-pyrrole nitrogens is 1. The second-order valence-corrected chi connectivity index (χ2v) is 7.68. The number of fused-ring (bicyclic) bond motifs is 3. The molecule has 0 bridgehead atoms. The van der Waals surface area contributed by atoms with E-state index in [9.17, 15) is 22.0 Å². The predicted octanol–water partition coefficient (Wildman–Crippen LogP) is 5.46. The number of hydrogen-bond donors (Lipinski definition) is 1. The quantitative estimate of drug-likeness (QED) is 0.316. The Balaban J connectivity index is 1.74. The van der Waals surface area contributed by atoms with Crippen molar-refractivity contribution < 1.29 is 22.0 Å². The van der Waals surface area contributed by atoms with Gasteiger partial charge in [-0.25, -0.2) is 19.3 Å². The van der Waals surface area contributed by atoms with Crippen LogP contribution >= 0.6 is 11.6 Å². The smallest absolute Gasteiger partial charge is 0.356 e. The second kappa shape index (κ2) is 7.40. The van der Waals surface area contributed by atoms with Gasteiger partial charge < -0.3 is 9.88 Å². The maximum atomic E-state index is 14.8. The van der Waals surface area contributed by atoms with E-state index in [4.69, 9.17) is 11.6 Å². The number of aromatic amines is 1. The molecule has 1 unspecified atom stereocenters. The first-order chi connectivity index (χ1) is 15.3. The minimum atomic E-state index is -4.67. The van der Waals surface area contributed by atoms with Crippen molar-refractivity contribution >= 4 is 28.5 Å². The average molecular weight is 466 g/mol. The van der Waals surface area contributed by atoms with Gasteiger partial charge in [0, 0.05) is 41.1 Å². The summed E-state index contributed by atoms with van der Waals surface area (Å²) in [6.07, 6.45) is -2.15. The van der Waals surface area contributed by atoms with E-state index in [1.807, 2.05) is 0 Å². The Kier molecular flexibility index (Phi) is 4.77. The Morgan fingerprint density at radius 3 is 2.62 bits per heavy atom. The van der Waals surface area contributed by atoms with Gasteiger partial charge in [-0.3, -0.25) is 0 Å². The number of pyridine rings is 1. The zero-order chi connectivity index (χ0) is 22.6. The third kappa shape index (κ3) is 3.26. The number of rotatable bonds is 2. The highest BCUT2D eigenvalue weighted by atomic mass is 35.5. The van der Waals surface area contributed by atoms with E-state index in [0.717, 1.165) is 12.3 Å². The van der Waals surface area contributed by atoms with Gasteiger partial charge in [0.25, 0.3) is 0 Å². The molecule has 0 saturated heterocycles. The van der Waals surface area contributed by atoms with Crippen LogP contribution in [-0.4, -0.2) is 26.5 Å². The van der Waals surface area contributed by atoms with E-state index in [0.29, 0.717) is 16.8 Å². The number of nitrogens with one attached hydrogen (secondary N) is 1. The lowest BCUT2D eigenvalue weighted by molar-refractivity contribution is -0.141. The van der Waals surface area contributed by atoms with Crippen LogP contribution in [0.2, 0.25) is 5.02 Å². The second-order valence-electron chi connectivity index (χ2n) is 7.27. The standard InChI is InChI=1S/C21H13ClF5N5/c22-12-3-4-13-15(16(12)23)10-6-9-32(20-29-8-5-14(31-20)21(25,26)27)18(17(10)30-13)11-2-1-7-28-19(11)24/h1-5,7-8,18,30H,6,9H2. The lowest BCUT2D eigenvalue weighted by Crippen LogP contribution is -2.38. The van der Waals surface area contributed by atoms with Gasteiger partial charge in [0.2, 0.25) is 11.9 Å². The molecule has 0 radical (unpaired) electrons. The number of nitrogens with zero attached hydrogens (tertiary/aromatic N) is 4. The summed E-state index contributed by atoms with van der Waals surface area (Å²) in [7, 11) is 0. The first kappa shape index (κ1) is 20.6. The number of benzene rings is 1. The van der Waals surface area contributed by atoms with Crippen molar-refractivity contribution in [2.24, 2.45) is 0 Å². The molecule has 1 N–H and O–H groups in total. The van der Waals surface area contributed by atoms with Crippen molar-refractivity contribution in [2.45, 2.75) is 18.6 Å². The number of alkyl halides is 3. The van der Waals surface area contributed by atoms with Crippen LogP contribution in [0.4, 0.5) is 27.9 Å². The Morgan fingerprint density at radius 2 is 1.88 bits per heavy atom. The van der Waals surface area contributed by atoms with Crippen LogP contribution < -0.4 is 4.90 Å². The number of aromatic nitrogens is 4. The molecule has 4 aromatic rings. The molecule has 5 rings (SSSR count). The van der Waals surface area contributed by atoms with Crippen LogP contribution in [0.25, 0.3) is 10.9 Å². The fourth-order valence-corrected chi connectivity index (χ4v) is 4.26. The molecular formula is C21H13ClF5N5.